The van der Waals surface area contributed by atoms with Crippen molar-refractivity contribution < 1.29 is 0 Å². The van der Waals surface area contributed by atoms with Crippen molar-refractivity contribution >= 4 is 0 Å². The summed E-state index contributed by atoms with van der Waals surface area (Å²) in [4.78, 5) is 0. The van der Waals surface area contributed by atoms with Crippen LogP contribution in [0.4, 0.5) is 0 Å². The molecule has 0 unspecified atom stereocenters. The molecule has 0 aliphatic rings. The zero-order valence-electron chi connectivity index (χ0n) is 7.85. The first kappa shape index (κ1) is 10.2. The molecule has 0 amide bonds. The van der Waals surface area contributed by atoms with Crippen molar-refractivity contribution in [3.63, 3.8) is 0 Å². The van der Waals surface area contributed by atoms with Crippen LogP contribution in [0, 0.1) is 0 Å². The second-order valence-corrected chi connectivity index (χ2v) is 2.89. The van der Waals surface area contributed by atoms with Gasteiger partial charge in [-0.2, -0.15) is 0 Å². The van der Waals surface area contributed by atoms with Crippen molar-refractivity contribution in [3.05, 3.63) is 36.0 Å². The van der Waals surface area contributed by atoms with Gasteiger partial charge in [-0.1, -0.05) is 29.4 Å². The third-order valence-electron chi connectivity index (χ3n) is 1.68. The molecule has 0 spiro atoms. The quantitative estimate of drug-likeness (QED) is 0.534. The second-order valence-electron chi connectivity index (χ2n) is 2.89. The third-order valence-corrected chi connectivity index (χ3v) is 1.68. The van der Waals surface area contributed by atoms with Gasteiger partial charge in [0.2, 0.25) is 0 Å². The summed E-state index contributed by atoms with van der Waals surface area (Å²) in [6.07, 6.45) is 8.40. The Kier molecular flexibility index (Phi) is 5.54. The van der Waals surface area contributed by atoms with Crippen molar-refractivity contribution in [2.45, 2.75) is 33.6 Å². The summed E-state index contributed by atoms with van der Waals surface area (Å²) in [5.41, 5.74) is 2.86. The Morgan fingerprint density at radius 3 is 2.36 bits per heavy atom. The van der Waals surface area contributed by atoms with E-state index in [-0.39, 0.29) is 0 Å². The molecule has 0 aromatic rings. The Balaban J connectivity index is 3.85. The van der Waals surface area contributed by atoms with Gasteiger partial charge >= 0.3 is 0 Å². The highest BCUT2D eigenvalue weighted by Crippen LogP contribution is 2.09. The van der Waals surface area contributed by atoms with Gasteiger partial charge in [-0.3, -0.25) is 0 Å². The zero-order valence-corrected chi connectivity index (χ0v) is 7.85. The highest BCUT2D eigenvalue weighted by molar-refractivity contribution is 5.12. The van der Waals surface area contributed by atoms with Crippen LogP contribution in [-0.2, 0) is 0 Å². The number of hydrogen-bond donors (Lipinski definition) is 0. The maximum Gasteiger partial charge on any atom is -0.0114 e. The van der Waals surface area contributed by atoms with E-state index in [1.165, 1.54) is 11.1 Å². The van der Waals surface area contributed by atoms with Crippen LogP contribution in [0.3, 0.4) is 0 Å². The Morgan fingerprint density at radius 1 is 1.27 bits per heavy atom. The van der Waals surface area contributed by atoms with Crippen molar-refractivity contribution in [2.75, 3.05) is 0 Å². The zero-order chi connectivity index (χ0) is 8.69. The molecule has 62 valence electrons. The summed E-state index contributed by atoms with van der Waals surface area (Å²) in [6, 6.07) is 0. The van der Waals surface area contributed by atoms with E-state index in [2.05, 4.69) is 39.5 Å². The van der Waals surface area contributed by atoms with Crippen LogP contribution in [0.2, 0.25) is 0 Å². The number of hydrogen-bond acceptors (Lipinski definition) is 0. The van der Waals surface area contributed by atoms with E-state index in [1.807, 2.05) is 6.08 Å². The van der Waals surface area contributed by atoms with Crippen LogP contribution in [0.1, 0.15) is 33.6 Å². The minimum absolute atomic E-state index is 0.989. The largest absolute Gasteiger partial charge is 0.103 e. The molecular weight excluding hydrogens is 132 g/mol. The van der Waals surface area contributed by atoms with E-state index in [1.54, 1.807) is 0 Å². The number of allylic oxidation sites excluding steroid dienone is 5. The molecule has 0 aromatic heterocycles. The van der Waals surface area contributed by atoms with E-state index in [0.717, 1.165) is 12.8 Å². The third kappa shape index (κ3) is 5.65. The molecule has 0 heterocycles. The van der Waals surface area contributed by atoms with Gasteiger partial charge in [0.05, 0.1) is 0 Å². The normalized spacial score (nSPS) is 13.4. The fourth-order valence-corrected chi connectivity index (χ4v) is 0.899. The number of rotatable bonds is 4. The maximum atomic E-state index is 3.67. The van der Waals surface area contributed by atoms with Gasteiger partial charge in [0, 0.05) is 0 Å². The fraction of sp³-hybridized carbons (Fsp3) is 0.455. The predicted octanol–water partition coefficient (Wildman–Crippen LogP) is 3.87. The van der Waals surface area contributed by atoms with Crippen LogP contribution >= 0.6 is 0 Å². The predicted molar refractivity (Wildman–Crippen MR) is 52.6 cm³/mol. The highest BCUT2D eigenvalue weighted by Gasteiger charge is 1.89. The van der Waals surface area contributed by atoms with Crippen LogP contribution in [0.5, 0.6) is 0 Å². The van der Waals surface area contributed by atoms with Gasteiger partial charge in [0.15, 0.2) is 0 Å². The Labute approximate surface area is 70.3 Å². The van der Waals surface area contributed by atoms with Gasteiger partial charge in [0.1, 0.15) is 0 Å². The van der Waals surface area contributed by atoms with E-state index in [4.69, 9.17) is 0 Å². The summed E-state index contributed by atoms with van der Waals surface area (Å²) >= 11 is 0. The molecule has 0 bridgehead atoms. The summed E-state index contributed by atoms with van der Waals surface area (Å²) < 4.78 is 0. The molecular formula is C11H18. The Morgan fingerprint density at radius 2 is 1.91 bits per heavy atom. The van der Waals surface area contributed by atoms with Crippen molar-refractivity contribution in [2.24, 2.45) is 0 Å². The lowest BCUT2D eigenvalue weighted by molar-refractivity contribution is 1.08. The van der Waals surface area contributed by atoms with Crippen LogP contribution < -0.4 is 0 Å². The summed E-state index contributed by atoms with van der Waals surface area (Å²) in [5, 5.41) is 0. The minimum Gasteiger partial charge on any atom is -0.103 e. The Hall–Kier alpha value is -0.780. The molecule has 0 heteroatoms. The lowest BCUT2D eigenvalue weighted by Crippen LogP contribution is -1.78. The molecule has 0 aliphatic heterocycles. The molecule has 0 saturated carbocycles. The molecule has 0 atom stereocenters. The van der Waals surface area contributed by atoms with Gasteiger partial charge in [-0.05, 0) is 33.6 Å². The van der Waals surface area contributed by atoms with E-state index >= 15 is 0 Å². The first-order chi connectivity index (χ1) is 5.20. The first-order valence-corrected chi connectivity index (χ1v) is 4.09. The monoisotopic (exact) mass is 150 g/mol. The lowest BCUT2D eigenvalue weighted by Gasteiger charge is -1.99. The van der Waals surface area contributed by atoms with Crippen LogP contribution in [0.25, 0.3) is 0 Å². The first-order valence-electron chi connectivity index (χ1n) is 4.09. The summed E-state index contributed by atoms with van der Waals surface area (Å²) in [6.45, 7) is 10.1. The van der Waals surface area contributed by atoms with Crippen molar-refractivity contribution in [1.82, 2.24) is 0 Å². The highest BCUT2D eigenvalue weighted by atomic mass is 14.0. The lowest BCUT2D eigenvalue weighted by atomic mass is 10.1. The van der Waals surface area contributed by atoms with E-state index in [0.29, 0.717) is 0 Å². The molecule has 0 saturated heterocycles. The summed E-state index contributed by atoms with van der Waals surface area (Å²) in [7, 11) is 0. The average molecular weight is 150 g/mol. The van der Waals surface area contributed by atoms with Gasteiger partial charge in [-0.15, -0.1) is 6.58 Å². The molecule has 0 radical (unpaired) electrons. The molecule has 0 nitrogen and oxygen atoms in total. The summed E-state index contributed by atoms with van der Waals surface area (Å²) in [5.74, 6) is 0. The van der Waals surface area contributed by atoms with Crippen molar-refractivity contribution in [1.29, 1.82) is 0 Å². The smallest absolute Gasteiger partial charge is 0.0114 e. The topological polar surface area (TPSA) is 0 Å². The fourth-order valence-electron chi connectivity index (χ4n) is 0.899. The molecule has 11 heavy (non-hydrogen) atoms. The SMILES string of the molecule is C=CCC=C(C)CC(C)=CC. The second kappa shape index (κ2) is 5.96. The molecule has 0 fully saturated rings. The maximum absolute atomic E-state index is 3.67. The van der Waals surface area contributed by atoms with Gasteiger partial charge < -0.3 is 0 Å². The average Bonchev–Trinajstić information content (AvgIpc) is 2.00. The van der Waals surface area contributed by atoms with E-state index < -0.39 is 0 Å². The van der Waals surface area contributed by atoms with Gasteiger partial charge in [-0.25, -0.2) is 0 Å². The molecule has 0 rings (SSSR count). The van der Waals surface area contributed by atoms with Crippen molar-refractivity contribution in [3.8, 4) is 0 Å². The Bertz CT molecular complexity index is 170. The van der Waals surface area contributed by atoms with Crippen LogP contribution in [-0.4, -0.2) is 0 Å². The van der Waals surface area contributed by atoms with Gasteiger partial charge in [0.25, 0.3) is 0 Å². The van der Waals surface area contributed by atoms with Crippen LogP contribution in [0.15, 0.2) is 36.0 Å². The molecule has 0 aromatic carbocycles. The standard InChI is InChI=1S/C11H18/c1-5-7-8-11(4)9-10(3)6-2/h5-6,8H,1,7,9H2,2-4H3. The molecule has 0 aliphatic carbocycles. The van der Waals surface area contributed by atoms with E-state index in [9.17, 15) is 0 Å². The minimum atomic E-state index is 0.989. The molecule has 0 N–H and O–H groups in total.